The van der Waals surface area contributed by atoms with Crippen LogP contribution in [0.5, 0.6) is 0 Å². The molecule has 1 N–H and O–H groups in total. The minimum absolute atomic E-state index is 0.441. The van der Waals surface area contributed by atoms with Gasteiger partial charge in [-0.3, -0.25) is 4.90 Å². The number of β-amino-alcohol motifs (C(OH)–C–C–N with tert-alkyl or cyclic N) is 1. The summed E-state index contributed by atoms with van der Waals surface area (Å²) in [6.07, 6.45) is 5.34. The molecular formula is C16H25NO. The summed E-state index contributed by atoms with van der Waals surface area (Å²) < 4.78 is 0. The van der Waals surface area contributed by atoms with Gasteiger partial charge in [-0.05, 0) is 31.4 Å². The molecule has 2 heteroatoms. The summed E-state index contributed by atoms with van der Waals surface area (Å²) in [5.41, 5.74) is 0.903. The van der Waals surface area contributed by atoms with Crippen LogP contribution >= 0.6 is 0 Å². The van der Waals surface area contributed by atoms with Crippen LogP contribution in [0.1, 0.15) is 44.6 Å². The van der Waals surface area contributed by atoms with Crippen molar-refractivity contribution in [3.63, 3.8) is 0 Å². The molecule has 1 aliphatic heterocycles. The molecule has 1 heterocycles. The summed E-state index contributed by atoms with van der Waals surface area (Å²) in [5, 5.41) is 10.6. The van der Waals surface area contributed by atoms with E-state index in [1.165, 1.54) is 12.0 Å². The normalized spacial score (nSPS) is 25.2. The summed E-state index contributed by atoms with van der Waals surface area (Å²) in [7, 11) is 0. The minimum atomic E-state index is -0.441. The number of rotatable bonds is 5. The quantitative estimate of drug-likeness (QED) is 0.863. The number of hydrogen-bond acceptors (Lipinski definition) is 2. The molecule has 1 aliphatic rings. The van der Waals surface area contributed by atoms with Crippen LogP contribution in [0.15, 0.2) is 30.3 Å². The number of nitrogens with zero attached hydrogens (tertiary/aromatic N) is 1. The first-order chi connectivity index (χ1) is 8.72. The lowest BCUT2D eigenvalue weighted by Crippen LogP contribution is -2.47. The summed E-state index contributed by atoms with van der Waals surface area (Å²) in [4.78, 5) is 2.40. The molecule has 0 radical (unpaired) electrons. The Balaban J connectivity index is 1.90. The Hall–Kier alpha value is -0.860. The maximum atomic E-state index is 10.6. The number of hydrogen-bond donors (Lipinski definition) is 1. The highest BCUT2D eigenvalue weighted by molar-refractivity contribution is 5.14. The molecule has 0 aromatic heterocycles. The standard InChI is InChI=1S/C16H25NO/c1-2-3-10-16(18)11-7-12-17(14-16)13-15-8-5-4-6-9-15/h4-6,8-9,18H,2-3,7,10-14H2,1H3. The Bertz CT molecular complexity index is 351. The lowest BCUT2D eigenvalue weighted by Gasteiger charge is -2.39. The molecule has 1 fully saturated rings. The molecule has 0 amide bonds. The van der Waals surface area contributed by atoms with E-state index in [9.17, 15) is 5.11 Å². The number of unbranched alkanes of at least 4 members (excludes halogenated alkanes) is 1. The van der Waals surface area contributed by atoms with Crippen molar-refractivity contribution in [1.29, 1.82) is 0 Å². The third kappa shape index (κ3) is 3.82. The number of likely N-dealkylation sites (tertiary alicyclic amines) is 1. The highest BCUT2D eigenvalue weighted by Crippen LogP contribution is 2.27. The van der Waals surface area contributed by atoms with Crippen LogP contribution in [0.25, 0.3) is 0 Å². The number of piperidine rings is 1. The molecule has 1 atom stereocenters. The van der Waals surface area contributed by atoms with Gasteiger partial charge in [0.2, 0.25) is 0 Å². The fourth-order valence-electron chi connectivity index (χ4n) is 2.89. The summed E-state index contributed by atoms with van der Waals surface area (Å²) in [6.45, 7) is 5.11. The Morgan fingerprint density at radius 3 is 2.78 bits per heavy atom. The molecule has 2 rings (SSSR count). The monoisotopic (exact) mass is 247 g/mol. The Morgan fingerprint density at radius 2 is 2.06 bits per heavy atom. The first-order valence-corrected chi connectivity index (χ1v) is 7.20. The third-order valence-corrected chi connectivity index (χ3v) is 3.88. The zero-order valence-electron chi connectivity index (χ0n) is 11.4. The molecule has 2 nitrogen and oxygen atoms in total. The molecule has 1 aromatic carbocycles. The third-order valence-electron chi connectivity index (χ3n) is 3.88. The molecule has 0 spiro atoms. The minimum Gasteiger partial charge on any atom is -0.389 e. The molecule has 0 aliphatic carbocycles. The zero-order chi connectivity index (χ0) is 12.8. The van der Waals surface area contributed by atoms with E-state index in [1.54, 1.807) is 0 Å². The number of aliphatic hydroxyl groups is 1. The molecule has 100 valence electrons. The molecule has 1 unspecified atom stereocenters. The maximum absolute atomic E-state index is 10.6. The molecule has 1 aromatic rings. The molecule has 1 saturated heterocycles. The second-order valence-electron chi connectivity index (χ2n) is 5.63. The Kier molecular flexibility index (Phi) is 4.79. The smallest absolute Gasteiger partial charge is 0.0774 e. The summed E-state index contributed by atoms with van der Waals surface area (Å²) in [5.74, 6) is 0. The summed E-state index contributed by atoms with van der Waals surface area (Å²) in [6, 6.07) is 10.6. The lowest BCUT2D eigenvalue weighted by atomic mass is 9.88. The van der Waals surface area contributed by atoms with Gasteiger partial charge in [-0.15, -0.1) is 0 Å². The van der Waals surface area contributed by atoms with Crippen LogP contribution in [0.3, 0.4) is 0 Å². The van der Waals surface area contributed by atoms with E-state index in [4.69, 9.17) is 0 Å². The van der Waals surface area contributed by atoms with E-state index < -0.39 is 5.60 Å². The van der Waals surface area contributed by atoms with Crippen molar-refractivity contribution in [2.75, 3.05) is 13.1 Å². The van der Waals surface area contributed by atoms with Crippen molar-refractivity contribution in [2.45, 2.75) is 51.2 Å². The second kappa shape index (κ2) is 6.35. The highest BCUT2D eigenvalue weighted by Gasteiger charge is 2.32. The molecule has 18 heavy (non-hydrogen) atoms. The molecule has 0 saturated carbocycles. The average Bonchev–Trinajstić information content (AvgIpc) is 2.38. The van der Waals surface area contributed by atoms with E-state index in [0.29, 0.717) is 0 Å². The van der Waals surface area contributed by atoms with Gasteiger partial charge in [0.05, 0.1) is 5.60 Å². The van der Waals surface area contributed by atoms with Gasteiger partial charge in [-0.25, -0.2) is 0 Å². The van der Waals surface area contributed by atoms with Gasteiger partial charge in [0, 0.05) is 13.1 Å². The second-order valence-corrected chi connectivity index (χ2v) is 5.63. The van der Waals surface area contributed by atoms with Crippen LogP contribution in [0, 0.1) is 0 Å². The van der Waals surface area contributed by atoms with E-state index in [0.717, 1.165) is 45.3 Å². The van der Waals surface area contributed by atoms with E-state index >= 15 is 0 Å². The van der Waals surface area contributed by atoms with Crippen LogP contribution in [-0.2, 0) is 6.54 Å². The van der Waals surface area contributed by atoms with Crippen molar-refractivity contribution >= 4 is 0 Å². The first kappa shape index (κ1) is 13.6. The van der Waals surface area contributed by atoms with Gasteiger partial charge in [-0.1, -0.05) is 50.1 Å². The van der Waals surface area contributed by atoms with Crippen molar-refractivity contribution < 1.29 is 5.11 Å². The predicted octanol–water partition coefficient (Wildman–Crippen LogP) is 3.20. The van der Waals surface area contributed by atoms with Crippen molar-refractivity contribution in [1.82, 2.24) is 4.90 Å². The zero-order valence-corrected chi connectivity index (χ0v) is 11.4. The van der Waals surface area contributed by atoms with Gasteiger partial charge in [0.15, 0.2) is 0 Å². The van der Waals surface area contributed by atoms with Gasteiger partial charge in [-0.2, -0.15) is 0 Å². The molecular weight excluding hydrogens is 222 g/mol. The Morgan fingerprint density at radius 1 is 1.28 bits per heavy atom. The van der Waals surface area contributed by atoms with Crippen LogP contribution in [0.4, 0.5) is 0 Å². The van der Waals surface area contributed by atoms with Crippen molar-refractivity contribution in [3.8, 4) is 0 Å². The average molecular weight is 247 g/mol. The van der Waals surface area contributed by atoms with E-state index in [1.807, 2.05) is 0 Å². The van der Waals surface area contributed by atoms with E-state index in [2.05, 4.69) is 42.2 Å². The SMILES string of the molecule is CCCCC1(O)CCCN(Cc2ccccc2)C1. The highest BCUT2D eigenvalue weighted by atomic mass is 16.3. The fourth-order valence-corrected chi connectivity index (χ4v) is 2.89. The fraction of sp³-hybridized carbons (Fsp3) is 0.625. The first-order valence-electron chi connectivity index (χ1n) is 7.20. The largest absolute Gasteiger partial charge is 0.389 e. The van der Waals surface area contributed by atoms with Gasteiger partial charge in [0.25, 0.3) is 0 Å². The lowest BCUT2D eigenvalue weighted by molar-refractivity contribution is -0.0405. The predicted molar refractivity (Wildman–Crippen MR) is 75.4 cm³/mol. The molecule has 0 bridgehead atoms. The Labute approximate surface area is 111 Å². The van der Waals surface area contributed by atoms with Crippen LogP contribution in [-0.4, -0.2) is 28.7 Å². The van der Waals surface area contributed by atoms with Gasteiger partial charge in [0.1, 0.15) is 0 Å². The van der Waals surface area contributed by atoms with Crippen molar-refractivity contribution in [3.05, 3.63) is 35.9 Å². The van der Waals surface area contributed by atoms with Crippen molar-refractivity contribution in [2.24, 2.45) is 0 Å². The van der Waals surface area contributed by atoms with Crippen LogP contribution in [0.2, 0.25) is 0 Å². The van der Waals surface area contributed by atoms with E-state index in [-0.39, 0.29) is 0 Å². The van der Waals surface area contributed by atoms with Gasteiger partial charge >= 0.3 is 0 Å². The summed E-state index contributed by atoms with van der Waals surface area (Å²) >= 11 is 0. The van der Waals surface area contributed by atoms with Gasteiger partial charge < -0.3 is 5.11 Å². The topological polar surface area (TPSA) is 23.5 Å². The number of benzene rings is 1. The maximum Gasteiger partial charge on any atom is 0.0774 e. The van der Waals surface area contributed by atoms with Crippen LogP contribution < -0.4 is 0 Å².